The van der Waals surface area contributed by atoms with Crippen molar-refractivity contribution in [3.63, 3.8) is 0 Å². The molecule has 3 aliphatic rings. The zero-order chi connectivity index (χ0) is 18.2. The van der Waals surface area contributed by atoms with Gasteiger partial charge in [0.25, 0.3) is 0 Å². The average molecular weight is 384 g/mol. The summed E-state index contributed by atoms with van der Waals surface area (Å²) >= 11 is 6.07. The molecule has 0 amide bonds. The first-order chi connectivity index (χ1) is 13.3. The summed E-state index contributed by atoms with van der Waals surface area (Å²) in [6, 6.07) is 17.2. The van der Waals surface area contributed by atoms with E-state index in [1.54, 1.807) is 0 Å². The van der Waals surface area contributed by atoms with Gasteiger partial charge < -0.3 is 9.47 Å². The fourth-order valence-electron chi connectivity index (χ4n) is 4.61. The van der Waals surface area contributed by atoms with Crippen LogP contribution in [-0.2, 0) is 11.3 Å². The fraction of sp³-hybridized carbons (Fsp3) is 0.478. The molecule has 0 bridgehead atoms. The highest BCUT2D eigenvalue weighted by atomic mass is 35.5. The van der Waals surface area contributed by atoms with Crippen LogP contribution < -0.4 is 4.74 Å². The summed E-state index contributed by atoms with van der Waals surface area (Å²) in [5.41, 5.74) is 2.63. The van der Waals surface area contributed by atoms with E-state index in [0.29, 0.717) is 17.9 Å². The fourth-order valence-corrected chi connectivity index (χ4v) is 4.74. The summed E-state index contributed by atoms with van der Waals surface area (Å²) in [6.45, 7) is 4.56. The number of rotatable bonds is 6. The number of fused-ring (bicyclic) bond motifs is 3. The van der Waals surface area contributed by atoms with Crippen LogP contribution >= 0.6 is 11.6 Å². The molecule has 5 rings (SSSR count). The molecular formula is C23H26ClNO2. The van der Waals surface area contributed by atoms with E-state index in [2.05, 4.69) is 41.3 Å². The van der Waals surface area contributed by atoms with Crippen molar-refractivity contribution in [1.82, 2.24) is 4.90 Å². The van der Waals surface area contributed by atoms with Crippen LogP contribution in [0, 0.1) is 17.8 Å². The molecule has 27 heavy (non-hydrogen) atoms. The Hall–Kier alpha value is -1.55. The standard InChI is InChI=1S/C23H26ClNO2/c24-19-9-7-16(8-10-19)11-25-12-18(14-26-13-17-5-6-17)21-15-27-22-4-2-1-3-20(22)23(21)25/h1-4,7-10,17-18,21,23H,5-6,11-15H2/t18-,21-,23-/m0/s1. The van der Waals surface area contributed by atoms with E-state index >= 15 is 0 Å². The van der Waals surface area contributed by atoms with Crippen molar-refractivity contribution in [2.24, 2.45) is 17.8 Å². The first kappa shape index (κ1) is 17.5. The van der Waals surface area contributed by atoms with Crippen molar-refractivity contribution in [2.75, 3.05) is 26.4 Å². The maximum atomic E-state index is 6.12. The number of hydrogen-bond acceptors (Lipinski definition) is 3. The third-order valence-electron chi connectivity index (χ3n) is 6.22. The largest absolute Gasteiger partial charge is 0.493 e. The van der Waals surface area contributed by atoms with E-state index in [4.69, 9.17) is 21.1 Å². The van der Waals surface area contributed by atoms with Crippen molar-refractivity contribution in [3.05, 3.63) is 64.7 Å². The van der Waals surface area contributed by atoms with Gasteiger partial charge in [-0.1, -0.05) is 41.9 Å². The number of hydrogen-bond donors (Lipinski definition) is 0. The summed E-state index contributed by atoms with van der Waals surface area (Å²) in [7, 11) is 0. The molecule has 0 N–H and O–H groups in total. The van der Waals surface area contributed by atoms with E-state index in [0.717, 1.165) is 49.6 Å². The van der Waals surface area contributed by atoms with Gasteiger partial charge in [-0.05, 0) is 42.5 Å². The minimum atomic E-state index is 0.403. The monoisotopic (exact) mass is 383 g/mol. The Balaban J connectivity index is 1.37. The summed E-state index contributed by atoms with van der Waals surface area (Å²) in [4.78, 5) is 2.61. The third-order valence-corrected chi connectivity index (χ3v) is 6.48. The Morgan fingerprint density at radius 3 is 2.67 bits per heavy atom. The van der Waals surface area contributed by atoms with Gasteiger partial charge in [0, 0.05) is 48.2 Å². The summed E-state index contributed by atoms with van der Waals surface area (Å²) < 4.78 is 12.2. The molecule has 2 aliphatic heterocycles. The van der Waals surface area contributed by atoms with Crippen LogP contribution in [0.4, 0.5) is 0 Å². The van der Waals surface area contributed by atoms with Crippen LogP contribution in [0.25, 0.3) is 0 Å². The van der Waals surface area contributed by atoms with Crippen LogP contribution in [0.3, 0.4) is 0 Å². The highest BCUT2D eigenvalue weighted by Gasteiger charge is 2.46. The van der Waals surface area contributed by atoms with Crippen LogP contribution in [0.1, 0.15) is 30.0 Å². The lowest BCUT2D eigenvalue weighted by molar-refractivity contribution is 0.0641. The molecule has 2 fully saturated rings. The van der Waals surface area contributed by atoms with Gasteiger partial charge in [-0.3, -0.25) is 4.90 Å². The topological polar surface area (TPSA) is 21.7 Å². The summed E-state index contributed by atoms with van der Waals surface area (Å²) in [5, 5.41) is 0.792. The predicted octanol–water partition coefficient (Wildman–Crippen LogP) is 4.95. The molecule has 0 radical (unpaired) electrons. The van der Waals surface area contributed by atoms with Gasteiger partial charge in [0.1, 0.15) is 5.75 Å². The third kappa shape index (κ3) is 3.73. The first-order valence-corrected chi connectivity index (χ1v) is 10.4. The van der Waals surface area contributed by atoms with Crippen LogP contribution in [0.5, 0.6) is 5.75 Å². The van der Waals surface area contributed by atoms with Crippen molar-refractivity contribution >= 4 is 11.6 Å². The molecule has 0 unspecified atom stereocenters. The Kier molecular flexibility index (Phi) is 4.85. The Morgan fingerprint density at radius 1 is 1.04 bits per heavy atom. The van der Waals surface area contributed by atoms with Crippen LogP contribution in [0.2, 0.25) is 5.02 Å². The lowest BCUT2D eigenvalue weighted by atomic mass is 9.85. The number of nitrogens with zero attached hydrogens (tertiary/aromatic N) is 1. The van der Waals surface area contributed by atoms with Crippen molar-refractivity contribution < 1.29 is 9.47 Å². The molecule has 0 aromatic heterocycles. The molecular weight excluding hydrogens is 358 g/mol. The van der Waals surface area contributed by atoms with E-state index in [1.165, 1.54) is 24.0 Å². The Bertz CT molecular complexity index is 789. The van der Waals surface area contributed by atoms with Crippen molar-refractivity contribution in [2.45, 2.75) is 25.4 Å². The molecule has 1 saturated carbocycles. The van der Waals surface area contributed by atoms with Gasteiger partial charge in [-0.2, -0.15) is 0 Å². The highest BCUT2D eigenvalue weighted by molar-refractivity contribution is 6.30. The second kappa shape index (κ2) is 7.46. The van der Waals surface area contributed by atoms with Crippen molar-refractivity contribution in [1.29, 1.82) is 0 Å². The average Bonchev–Trinajstić information content (AvgIpc) is 3.45. The molecule has 2 aromatic rings. The number of likely N-dealkylation sites (tertiary alicyclic amines) is 1. The Labute approximate surface area is 166 Å². The second-order valence-electron chi connectivity index (χ2n) is 8.25. The number of halogens is 1. The van der Waals surface area contributed by atoms with E-state index in [-0.39, 0.29) is 0 Å². The van der Waals surface area contributed by atoms with Gasteiger partial charge in [-0.15, -0.1) is 0 Å². The molecule has 3 nitrogen and oxygen atoms in total. The molecule has 0 spiro atoms. The SMILES string of the molecule is Clc1ccc(CN2C[C@@H](COCC3CC3)[C@@H]3COc4ccccc4[C@@H]32)cc1. The molecule has 3 atom stereocenters. The first-order valence-electron chi connectivity index (χ1n) is 10.1. The molecule has 2 heterocycles. The molecule has 1 saturated heterocycles. The Morgan fingerprint density at radius 2 is 1.85 bits per heavy atom. The zero-order valence-electron chi connectivity index (χ0n) is 15.5. The van der Waals surface area contributed by atoms with Crippen LogP contribution in [0.15, 0.2) is 48.5 Å². The van der Waals surface area contributed by atoms with Crippen molar-refractivity contribution in [3.8, 4) is 5.75 Å². The highest BCUT2D eigenvalue weighted by Crippen LogP contribution is 2.48. The van der Waals surface area contributed by atoms with E-state index in [1.807, 2.05) is 12.1 Å². The molecule has 2 aromatic carbocycles. The van der Waals surface area contributed by atoms with Gasteiger partial charge in [0.2, 0.25) is 0 Å². The second-order valence-corrected chi connectivity index (χ2v) is 8.69. The maximum Gasteiger partial charge on any atom is 0.124 e. The summed E-state index contributed by atoms with van der Waals surface area (Å²) in [6.07, 6.45) is 2.69. The van der Waals surface area contributed by atoms with E-state index < -0.39 is 0 Å². The number of ether oxygens (including phenoxy) is 2. The normalized spacial score (nSPS) is 27.1. The molecule has 4 heteroatoms. The minimum Gasteiger partial charge on any atom is -0.493 e. The minimum absolute atomic E-state index is 0.403. The zero-order valence-corrected chi connectivity index (χ0v) is 16.3. The van der Waals surface area contributed by atoms with E-state index in [9.17, 15) is 0 Å². The molecule has 142 valence electrons. The van der Waals surface area contributed by atoms with Gasteiger partial charge in [0.05, 0.1) is 13.2 Å². The lowest BCUT2D eigenvalue weighted by Gasteiger charge is -2.34. The van der Waals surface area contributed by atoms with Gasteiger partial charge in [-0.25, -0.2) is 0 Å². The smallest absolute Gasteiger partial charge is 0.124 e. The molecule has 1 aliphatic carbocycles. The lowest BCUT2D eigenvalue weighted by Crippen LogP contribution is -2.32. The maximum absolute atomic E-state index is 6.12. The van der Waals surface area contributed by atoms with Gasteiger partial charge >= 0.3 is 0 Å². The predicted molar refractivity (Wildman–Crippen MR) is 107 cm³/mol. The van der Waals surface area contributed by atoms with Gasteiger partial charge in [0.15, 0.2) is 0 Å². The number of benzene rings is 2. The number of para-hydroxylation sites is 1. The quantitative estimate of drug-likeness (QED) is 0.704. The van der Waals surface area contributed by atoms with Crippen LogP contribution in [-0.4, -0.2) is 31.3 Å². The summed E-state index contributed by atoms with van der Waals surface area (Å²) in [5.74, 6) is 2.87.